The minimum absolute atomic E-state index is 0.122. The van der Waals surface area contributed by atoms with Crippen LogP contribution in [0.3, 0.4) is 0 Å². The molecule has 0 heterocycles. The zero-order chi connectivity index (χ0) is 11.6. The summed E-state index contributed by atoms with van der Waals surface area (Å²) in [5, 5.41) is 0. The zero-order valence-electron chi connectivity index (χ0n) is 10.3. The number of hydrogen-bond acceptors (Lipinski definition) is 1. The smallest absolute Gasteiger partial charge is 0.152 e. The molecule has 1 rings (SSSR count). The first-order chi connectivity index (χ1) is 6.84. The van der Waals surface area contributed by atoms with Crippen LogP contribution in [-0.2, 0) is 4.79 Å². The van der Waals surface area contributed by atoms with Gasteiger partial charge in [0, 0.05) is 5.92 Å². The van der Waals surface area contributed by atoms with Crippen LogP contribution in [-0.4, -0.2) is 5.78 Å². The first-order valence-electron chi connectivity index (χ1n) is 5.72. The van der Waals surface area contributed by atoms with Crippen LogP contribution in [0, 0.1) is 17.3 Å². The van der Waals surface area contributed by atoms with E-state index < -0.39 is 0 Å². The van der Waals surface area contributed by atoms with Crippen LogP contribution in [0.1, 0.15) is 40.5 Å². The Morgan fingerprint density at radius 3 is 2.67 bits per heavy atom. The van der Waals surface area contributed by atoms with Gasteiger partial charge < -0.3 is 0 Å². The molecule has 0 amide bonds. The van der Waals surface area contributed by atoms with E-state index in [1.807, 2.05) is 6.08 Å². The molecule has 0 aliphatic heterocycles. The number of carbonyl (C=O) groups excluding carboxylic acids is 1. The van der Waals surface area contributed by atoms with Crippen LogP contribution < -0.4 is 0 Å². The molecule has 1 heteroatoms. The molecule has 1 saturated carbocycles. The van der Waals surface area contributed by atoms with Gasteiger partial charge in [-0.3, -0.25) is 4.79 Å². The van der Waals surface area contributed by atoms with Crippen molar-refractivity contribution in [2.75, 3.05) is 0 Å². The van der Waals surface area contributed by atoms with E-state index in [0.717, 1.165) is 0 Å². The van der Waals surface area contributed by atoms with E-state index in [1.165, 1.54) is 18.4 Å². The summed E-state index contributed by atoms with van der Waals surface area (Å²) in [7, 11) is 0. The number of allylic oxidation sites excluding steroid dienone is 3. The van der Waals surface area contributed by atoms with Crippen molar-refractivity contribution >= 4 is 5.78 Å². The quantitative estimate of drug-likeness (QED) is 0.496. The molecule has 0 radical (unpaired) electrons. The molecule has 0 aromatic rings. The molecule has 1 nitrogen and oxygen atoms in total. The molecule has 2 atom stereocenters. The highest BCUT2D eigenvalue weighted by molar-refractivity contribution is 5.87. The third-order valence-electron chi connectivity index (χ3n) is 3.62. The maximum absolute atomic E-state index is 11.0. The molecular formula is C14H22O. The molecule has 2 unspecified atom stereocenters. The van der Waals surface area contributed by atoms with Gasteiger partial charge in [-0.15, -0.1) is 0 Å². The maximum atomic E-state index is 11.0. The van der Waals surface area contributed by atoms with Crippen molar-refractivity contribution in [3.05, 3.63) is 24.3 Å². The second-order valence-electron chi connectivity index (χ2n) is 5.45. The summed E-state index contributed by atoms with van der Waals surface area (Å²) in [6.07, 6.45) is 6.16. The molecule has 0 aromatic carbocycles. The average molecular weight is 206 g/mol. The molecule has 15 heavy (non-hydrogen) atoms. The van der Waals surface area contributed by atoms with Crippen molar-refractivity contribution in [3.8, 4) is 0 Å². The van der Waals surface area contributed by atoms with Gasteiger partial charge in [-0.2, -0.15) is 0 Å². The van der Waals surface area contributed by atoms with E-state index in [2.05, 4.69) is 27.4 Å². The number of hydrogen-bond donors (Lipinski definition) is 0. The van der Waals surface area contributed by atoms with Gasteiger partial charge in [0.1, 0.15) is 0 Å². The van der Waals surface area contributed by atoms with Crippen molar-refractivity contribution < 1.29 is 4.79 Å². The Kier molecular flexibility index (Phi) is 3.54. The molecule has 1 aliphatic rings. The van der Waals surface area contributed by atoms with E-state index in [-0.39, 0.29) is 11.2 Å². The van der Waals surface area contributed by atoms with Crippen LogP contribution in [0.15, 0.2) is 24.3 Å². The molecule has 0 bridgehead atoms. The Balaban J connectivity index is 2.88. The first-order valence-corrected chi connectivity index (χ1v) is 5.72. The second-order valence-corrected chi connectivity index (χ2v) is 5.45. The molecule has 0 spiro atoms. The van der Waals surface area contributed by atoms with Gasteiger partial charge in [0.05, 0.1) is 0 Å². The van der Waals surface area contributed by atoms with Gasteiger partial charge in [0.15, 0.2) is 5.78 Å². The van der Waals surface area contributed by atoms with Gasteiger partial charge in [0.2, 0.25) is 0 Å². The first kappa shape index (κ1) is 12.2. The summed E-state index contributed by atoms with van der Waals surface area (Å²) < 4.78 is 0. The predicted octanol–water partition coefficient (Wildman–Crippen LogP) is 3.76. The molecule has 1 aliphatic carbocycles. The summed E-state index contributed by atoms with van der Waals surface area (Å²) in [4.78, 5) is 11.0. The van der Waals surface area contributed by atoms with Gasteiger partial charge >= 0.3 is 0 Å². The minimum Gasteiger partial charge on any atom is -0.295 e. The van der Waals surface area contributed by atoms with Gasteiger partial charge in [0.25, 0.3) is 0 Å². The Labute approximate surface area is 93.3 Å². The normalized spacial score (nSPS) is 30.8. The van der Waals surface area contributed by atoms with Crippen LogP contribution >= 0.6 is 0 Å². The molecule has 84 valence electrons. The standard InChI is InChI=1S/C14H22O/c1-10-8-9-14(4,5)13(12(10)3)7-6-11(2)15/h6-7,10,13H,3,8-9H2,1-2,4-5H3/b7-6+. The second kappa shape index (κ2) is 4.34. The topological polar surface area (TPSA) is 17.1 Å². The molecule has 1 fully saturated rings. The minimum atomic E-state index is 0.122. The lowest BCUT2D eigenvalue weighted by Crippen LogP contribution is -2.31. The Morgan fingerprint density at radius 1 is 1.53 bits per heavy atom. The van der Waals surface area contributed by atoms with Gasteiger partial charge in [-0.1, -0.05) is 39.0 Å². The monoisotopic (exact) mass is 206 g/mol. The lowest BCUT2D eigenvalue weighted by molar-refractivity contribution is -0.112. The fraction of sp³-hybridized carbons (Fsp3) is 0.643. The largest absolute Gasteiger partial charge is 0.295 e. The zero-order valence-corrected chi connectivity index (χ0v) is 10.3. The van der Waals surface area contributed by atoms with E-state index in [9.17, 15) is 4.79 Å². The van der Waals surface area contributed by atoms with Crippen molar-refractivity contribution in [1.29, 1.82) is 0 Å². The van der Waals surface area contributed by atoms with E-state index in [4.69, 9.17) is 0 Å². The summed E-state index contributed by atoms with van der Waals surface area (Å²) in [5.74, 6) is 1.06. The predicted molar refractivity (Wildman–Crippen MR) is 64.6 cm³/mol. The Morgan fingerprint density at radius 2 is 2.13 bits per heavy atom. The lowest BCUT2D eigenvalue weighted by atomic mass is 9.63. The van der Waals surface area contributed by atoms with Crippen LogP contribution in [0.25, 0.3) is 0 Å². The number of carbonyl (C=O) groups is 1. The third-order valence-corrected chi connectivity index (χ3v) is 3.62. The highest BCUT2D eigenvalue weighted by Gasteiger charge is 2.35. The SMILES string of the molecule is C=C1C(C)CCC(C)(C)C1/C=C/C(C)=O. The summed E-state index contributed by atoms with van der Waals surface area (Å²) in [5.41, 5.74) is 1.53. The van der Waals surface area contributed by atoms with E-state index >= 15 is 0 Å². The van der Waals surface area contributed by atoms with Crippen LogP contribution in [0.4, 0.5) is 0 Å². The van der Waals surface area contributed by atoms with E-state index in [0.29, 0.717) is 11.8 Å². The van der Waals surface area contributed by atoms with Crippen molar-refractivity contribution in [2.45, 2.75) is 40.5 Å². The molecular weight excluding hydrogens is 184 g/mol. The molecule has 0 saturated heterocycles. The lowest BCUT2D eigenvalue weighted by Gasteiger charge is -2.41. The number of rotatable bonds is 2. The van der Waals surface area contributed by atoms with Crippen molar-refractivity contribution in [3.63, 3.8) is 0 Å². The van der Waals surface area contributed by atoms with Crippen molar-refractivity contribution in [1.82, 2.24) is 0 Å². The van der Waals surface area contributed by atoms with Crippen LogP contribution in [0.2, 0.25) is 0 Å². The summed E-state index contributed by atoms with van der Waals surface area (Å²) >= 11 is 0. The molecule has 0 aromatic heterocycles. The average Bonchev–Trinajstić information content (AvgIpc) is 2.11. The summed E-state index contributed by atoms with van der Waals surface area (Å²) in [6, 6.07) is 0. The highest BCUT2D eigenvalue weighted by Crippen LogP contribution is 2.46. The van der Waals surface area contributed by atoms with Gasteiger partial charge in [-0.05, 0) is 37.2 Å². The fourth-order valence-electron chi connectivity index (χ4n) is 2.35. The fourth-order valence-corrected chi connectivity index (χ4v) is 2.35. The van der Waals surface area contributed by atoms with E-state index in [1.54, 1.807) is 13.0 Å². The number of ketones is 1. The highest BCUT2D eigenvalue weighted by atomic mass is 16.1. The van der Waals surface area contributed by atoms with Crippen LogP contribution in [0.5, 0.6) is 0 Å². The molecule has 0 N–H and O–H groups in total. The van der Waals surface area contributed by atoms with Crippen molar-refractivity contribution in [2.24, 2.45) is 17.3 Å². The summed E-state index contributed by atoms with van der Waals surface area (Å²) in [6.45, 7) is 12.5. The Hall–Kier alpha value is -0.850. The third kappa shape index (κ3) is 2.80. The maximum Gasteiger partial charge on any atom is 0.152 e. The van der Waals surface area contributed by atoms with Gasteiger partial charge in [-0.25, -0.2) is 0 Å². The Bertz CT molecular complexity index is 296.